The van der Waals surface area contributed by atoms with Gasteiger partial charge in [0, 0.05) is 17.0 Å². The fraction of sp³-hybridized carbons (Fsp3) is 0.176. The lowest BCUT2D eigenvalue weighted by Crippen LogP contribution is -2.16. The molecule has 0 aromatic heterocycles. The largest absolute Gasteiger partial charge is 0.325 e. The molecule has 0 spiro atoms. The number of hydrogen-bond donors (Lipinski definition) is 1. The smallest absolute Gasteiger partial charge is 0.228 e. The van der Waals surface area contributed by atoms with Crippen molar-refractivity contribution in [3.8, 4) is 0 Å². The van der Waals surface area contributed by atoms with Crippen molar-refractivity contribution in [2.24, 2.45) is 0 Å². The second-order valence-corrected chi connectivity index (χ2v) is 5.11. The minimum Gasteiger partial charge on any atom is -0.325 e. The molecule has 0 saturated heterocycles. The van der Waals surface area contributed by atoms with Crippen LogP contribution in [0.1, 0.15) is 29.3 Å². The molecule has 0 unspecified atom stereocenters. The Morgan fingerprint density at radius 2 is 1.81 bits per heavy atom. The molecule has 0 aliphatic heterocycles. The number of nitrogens with one attached hydrogen (secondary N) is 1. The van der Waals surface area contributed by atoms with E-state index in [0.29, 0.717) is 22.7 Å². The molecule has 0 fully saturated rings. The highest BCUT2D eigenvalue weighted by Crippen LogP contribution is 2.22. The van der Waals surface area contributed by atoms with E-state index in [-0.39, 0.29) is 18.1 Å². The second-order valence-electron chi connectivity index (χ2n) is 4.68. The van der Waals surface area contributed by atoms with Gasteiger partial charge in [-0.3, -0.25) is 9.59 Å². The number of carbonyl (C=O) groups is 2. The first-order valence-electron chi connectivity index (χ1n) is 6.76. The van der Waals surface area contributed by atoms with Crippen molar-refractivity contribution in [2.75, 3.05) is 5.32 Å². The van der Waals surface area contributed by atoms with Gasteiger partial charge in [0.1, 0.15) is 0 Å². The van der Waals surface area contributed by atoms with Gasteiger partial charge in [-0.05, 0) is 23.8 Å². The number of Topliss-reactive ketones (excluding diaryl/α,β-unsaturated/α-hetero) is 1. The molecule has 0 atom stereocenters. The Kier molecular flexibility index (Phi) is 5.12. The van der Waals surface area contributed by atoms with Crippen LogP contribution in [0.5, 0.6) is 0 Å². The number of rotatable bonds is 5. The molecule has 3 nitrogen and oxygen atoms in total. The average molecular weight is 302 g/mol. The third-order valence-corrected chi connectivity index (χ3v) is 3.32. The van der Waals surface area contributed by atoms with E-state index in [1.807, 2.05) is 30.3 Å². The Morgan fingerprint density at radius 1 is 1.10 bits per heavy atom. The highest BCUT2D eigenvalue weighted by Gasteiger charge is 2.13. The molecule has 0 bridgehead atoms. The van der Waals surface area contributed by atoms with Crippen LogP contribution in [0.15, 0.2) is 48.5 Å². The van der Waals surface area contributed by atoms with Crippen LogP contribution in [-0.2, 0) is 11.2 Å². The molecule has 2 aromatic rings. The molecule has 0 aliphatic carbocycles. The molecule has 1 N–H and O–H groups in total. The standard InChI is InChI=1S/C17H16ClNO2/c1-2-16(20)14-9-8-13(18)11-15(14)19-17(21)10-12-6-4-3-5-7-12/h3-9,11H,2,10H2,1H3,(H,19,21). The fourth-order valence-corrected chi connectivity index (χ4v) is 2.20. The summed E-state index contributed by atoms with van der Waals surface area (Å²) in [5, 5.41) is 3.25. The van der Waals surface area contributed by atoms with Crippen molar-refractivity contribution in [3.05, 3.63) is 64.7 Å². The summed E-state index contributed by atoms with van der Waals surface area (Å²) in [6, 6.07) is 14.3. The van der Waals surface area contributed by atoms with Crippen LogP contribution in [0, 0.1) is 0 Å². The summed E-state index contributed by atoms with van der Waals surface area (Å²) in [7, 11) is 0. The maximum absolute atomic E-state index is 12.1. The van der Waals surface area contributed by atoms with Crippen molar-refractivity contribution in [3.63, 3.8) is 0 Å². The minimum absolute atomic E-state index is 0.0262. The quantitative estimate of drug-likeness (QED) is 0.845. The van der Waals surface area contributed by atoms with Crippen LogP contribution in [0.25, 0.3) is 0 Å². The molecule has 4 heteroatoms. The molecule has 1 amide bonds. The molecule has 0 aliphatic rings. The van der Waals surface area contributed by atoms with Gasteiger partial charge in [0.25, 0.3) is 0 Å². The monoisotopic (exact) mass is 301 g/mol. The summed E-state index contributed by atoms with van der Waals surface area (Å²) in [6.45, 7) is 1.78. The summed E-state index contributed by atoms with van der Waals surface area (Å²) in [5.74, 6) is -0.199. The first-order valence-corrected chi connectivity index (χ1v) is 7.14. The molecule has 0 saturated carbocycles. The topological polar surface area (TPSA) is 46.2 Å². The first kappa shape index (κ1) is 15.3. The van der Waals surface area contributed by atoms with E-state index in [1.54, 1.807) is 25.1 Å². The third kappa shape index (κ3) is 4.17. The predicted octanol–water partition coefficient (Wildman–Crippen LogP) is 4.11. The molecular formula is C17H16ClNO2. The molecule has 2 rings (SSSR count). The molecule has 0 radical (unpaired) electrons. The summed E-state index contributed by atoms with van der Waals surface area (Å²) < 4.78 is 0. The van der Waals surface area contributed by atoms with Gasteiger partial charge in [-0.15, -0.1) is 0 Å². The van der Waals surface area contributed by atoms with Crippen molar-refractivity contribution in [1.82, 2.24) is 0 Å². The number of halogens is 1. The maximum atomic E-state index is 12.1. The minimum atomic E-state index is -0.173. The summed E-state index contributed by atoms with van der Waals surface area (Å²) in [5.41, 5.74) is 1.87. The number of amides is 1. The Bertz CT molecular complexity index is 653. The highest BCUT2D eigenvalue weighted by molar-refractivity contribution is 6.31. The van der Waals surface area contributed by atoms with E-state index in [9.17, 15) is 9.59 Å². The molecule has 2 aromatic carbocycles. The zero-order chi connectivity index (χ0) is 15.2. The Balaban J connectivity index is 2.16. The van der Waals surface area contributed by atoms with Gasteiger partial charge in [0.2, 0.25) is 5.91 Å². The maximum Gasteiger partial charge on any atom is 0.228 e. The number of ketones is 1. The summed E-state index contributed by atoms with van der Waals surface area (Å²) in [4.78, 5) is 24.0. The van der Waals surface area contributed by atoms with Gasteiger partial charge < -0.3 is 5.32 Å². The normalized spacial score (nSPS) is 10.2. The Hall–Kier alpha value is -2.13. The molecule has 108 valence electrons. The van der Waals surface area contributed by atoms with Crippen molar-refractivity contribution < 1.29 is 9.59 Å². The van der Waals surface area contributed by atoms with Gasteiger partial charge in [-0.1, -0.05) is 48.9 Å². The van der Waals surface area contributed by atoms with Crippen LogP contribution in [0.3, 0.4) is 0 Å². The highest BCUT2D eigenvalue weighted by atomic mass is 35.5. The van der Waals surface area contributed by atoms with Crippen LogP contribution < -0.4 is 5.32 Å². The molecular weight excluding hydrogens is 286 g/mol. The summed E-state index contributed by atoms with van der Waals surface area (Å²) in [6.07, 6.45) is 0.635. The Morgan fingerprint density at radius 3 is 2.48 bits per heavy atom. The average Bonchev–Trinajstić information content (AvgIpc) is 2.47. The zero-order valence-electron chi connectivity index (χ0n) is 11.7. The predicted molar refractivity (Wildman–Crippen MR) is 84.8 cm³/mol. The lowest BCUT2D eigenvalue weighted by molar-refractivity contribution is -0.115. The summed E-state index contributed by atoms with van der Waals surface area (Å²) >= 11 is 5.95. The zero-order valence-corrected chi connectivity index (χ0v) is 12.5. The van der Waals surface area contributed by atoms with E-state index in [2.05, 4.69) is 5.32 Å². The van der Waals surface area contributed by atoms with Gasteiger partial charge in [-0.2, -0.15) is 0 Å². The van der Waals surface area contributed by atoms with Crippen LogP contribution in [-0.4, -0.2) is 11.7 Å². The lowest BCUT2D eigenvalue weighted by Gasteiger charge is -2.10. The molecule has 21 heavy (non-hydrogen) atoms. The van der Waals surface area contributed by atoms with Gasteiger partial charge in [0.15, 0.2) is 5.78 Å². The number of hydrogen-bond acceptors (Lipinski definition) is 2. The van der Waals surface area contributed by atoms with Crippen LogP contribution >= 0.6 is 11.6 Å². The SMILES string of the molecule is CCC(=O)c1ccc(Cl)cc1NC(=O)Cc1ccccc1. The van der Waals surface area contributed by atoms with E-state index in [1.165, 1.54) is 0 Å². The second kappa shape index (κ2) is 7.04. The van der Waals surface area contributed by atoms with E-state index in [0.717, 1.165) is 5.56 Å². The van der Waals surface area contributed by atoms with Crippen molar-refractivity contribution in [1.29, 1.82) is 0 Å². The number of benzene rings is 2. The van der Waals surface area contributed by atoms with E-state index < -0.39 is 0 Å². The van der Waals surface area contributed by atoms with E-state index >= 15 is 0 Å². The van der Waals surface area contributed by atoms with Gasteiger partial charge in [0.05, 0.1) is 12.1 Å². The van der Waals surface area contributed by atoms with E-state index in [4.69, 9.17) is 11.6 Å². The number of anilines is 1. The lowest BCUT2D eigenvalue weighted by atomic mass is 10.1. The Labute approximate surface area is 128 Å². The van der Waals surface area contributed by atoms with Crippen LogP contribution in [0.2, 0.25) is 5.02 Å². The first-order chi connectivity index (χ1) is 10.1. The third-order valence-electron chi connectivity index (χ3n) is 3.08. The van der Waals surface area contributed by atoms with Crippen LogP contribution in [0.4, 0.5) is 5.69 Å². The fourth-order valence-electron chi connectivity index (χ4n) is 2.03. The van der Waals surface area contributed by atoms with Gasteiger partial charge in [-0.25, -0.2) is 0 Å². The number of carbonyl (C=O) groups excluding carboxylic acids is 2. The van der Waals surface area contributed by atoms with Crippen molar-refractivity contribution >= 4 is 29.0 Å². The molecule has 0 heterocycles. The van der Waals surface area contributed by atoms with Crippen molar-refractivity contribution in [2.45, 2.75) is 19.8 Å². The van der Waals surface area contributed by atoms with Gasteiger partial charge >= 0.3 is 0 Å².